The lowest BCUT2D eigenvalue weighted by Crippen LogP contribution is -2.31. The van der Waals surface area contributed by atoms with Crippen molar-refractivity contribution in [3.63, 3.8) is 0 Å². The van der Waals surface area contributed by atoms with Crippen molar-refractivity contribution in [2.75, 3.05) is 25.0 Å². The van der Waals surface area contributed by atoms with E-state index in [1.165, 1.54) is 10.4 Å². The van der Waals surface area contributed by atoms with E-state index in [-0.39, 0.29) is 17.1 Å². The summed E-state index contributed by atoms with van der Waals surface area (Å²) in [5.41, 5.74) is 1.51. The van der Waals surface area contributed by atoms with Gasteiger partial charge in [-0.2, -0.15) is 4.31 Å². The Morgan fingerprint density at radius 2 is 1.72 bits per heavy atom. The van der Waals surface area contributed by atoms with Crippen molar-refractivity contribution in [3.05, 3.63) is 45.8 Å². The fourth-order valence-corrected chi connectivity index (χ4v) is 5.52. The smallest absolute Gasteiger partial charge is 0.348 e. The molecule has 1 aromatic carbocycles. The number of carbonyl (C=O) groups excluding carboxylic acids is 2. The van der Waals surface area contributed by atoms with Crippen LogP contribution in [0.15, 0.2) is 29.2 Å². The summed E-state index contributed by atoms with van der Waals surface area (Å²) in [4.78, 5) is 25.2. The van der Waals surface area contributed by atoms with Crippen LogP contribution in [0.2, 0.25) is 0 Å². The molecule has 1 aromatic heterocycles. The number of sulfonamides is 1. The number of carbonyl (C=O) groups is 2. The molecular weight excluding hydrogens is 412 g/mol. The summed E-state index contributed by atoms with van der Waals surface area (Å²) in [5, 5.41) is 3.23. The Morgan fingerprint density at radius 1 is 1.07 bits per heavy atom. The average Bonchev–Trinajstić information content (AvgIpc) is 3.03. The molecule has 7 nitrogen and oxygen atoms in total. The Morgan fingerprint density at radius 3 is 2.31 bits per heavy atom. The molecule has 0 atom stereocenters. The minimum Gasteiger partial charge on any atom is -0.462 e. The summed E-state index contributed by atoms with van der Waals surface area (Å²) < 4.78 is 32.1. The number of benzene rings is 1. The van der Waals surface area contributed by atoms with Crippen LogP contribution in [-0.2, 0) is 14.8 Å². The van der Waals surface area contributed by atoms with E-state index in [1.807, 2.05) is 0 Å². The number of amides is 1. The summed E-state index contributed by atoms with van der Waals surface area (Å²) in [6.07, 6.45) is 0. The lowest BCUT2D eigenvalue weighted by atomic mass is 10.1. The second-order valence-corrected chi connectivity index (χ2v) is 9.33. The highest BCUT2D eigenvalue weighted by molar-refractivity contribution is 7.89. The summed E-state index contributed by atoms with van der Waals surface area (Å²) in [6.45, 7) is 9.70. The van der Waals surface area contributed by atoms with Gasteiger partial charge in [0.15, 0.2) is 0 Å². The van der Waals surface area contributed by atoms with Crippen LogP contribution in [0.4, 0.5) is 5.00 Å². The van der Waals surface area contributed by atoms with Gasteiger partial charge in [-0.1, -0.05) is 19.9 Å². The predicted octanol–water partition coefficient (Wildman–Crippen LogP) is 3.82. The number of rotatable bonds is 8. The van der Waals surface area contributed by atoms with Crippen LogP contribution in [0, 0.1) is 13.8 Å². The Bertz CT molecular complexity index is 1010. The minimum atomic E-state index is -3.69. The van der Waals surface area contributed by atoms with E-state index in [0.717, 1.165) is 11.3 Å². The first-order valence-corrected chi connectivity index (χ1v) is 11.6. The van der Waals surface area contributed by atoms with Crippen LogP contribution in [-0.4, -0.2) is 44.3 Å². The molecule has 2 aromatic rings. The van der Waals surface area contributed by atoms with Crippen LogP contribution in [0.25, 0.3) is 0 Å². The Kier molecular flexibility index (Phi) is 7.56. The molecule has 0 aliphatic rings. The van der Waals surface area contributed by atoms with Crippen LogP contribution in [0.5, 0.6) is 0 Å². The molecule has 0 saturated carbocycles. The van der Waals surface area contributed by atoms with Crippen LogP contribution in [0.1, 0.15) is 51.9 Å². The number of hydrogen-bond acceptors (Lipinski definition) is 6. The SMILES string of the molecule is CCOC(=O)c1sc(NC(=O)c2ccc(C)c(S(=O)(=O)N(CC)CC)c2)cc1C. The van der Waals surface area contributed by atoms with E-state index < -0.39 is 21.9 Å². The van der Waals surface area contributed by atoms with Gasteiger partial charge in [-0.3, -0.25) is 4.79 Å². The summed E-state index contributed by atoms with van der Waals surface area (Å²) >= 11 is 1.12. The Labute approximate surface area is 175 Å². The molecule has 0 saturated heterocycles. The van der Waals surface area contributed by atoms with E-state index in [0.29, 0.717) is 34.1 Å². The maximum Gasteiger partial charge on any atom is 0.348 e. The van der Waals surface area contributed by atoms with Crippen LogP contribution in [0.3, 0.4) is 0 Å². The third-order valence-electron chi connectivity index (χ3n) is 4.39. The van der Waals surface area contributed by atoms with Gasteiger partial charge in [0.1, 0.15) is 4.88 Å². The number of nitrogens with one attached hydrogen (secondary N) is 1. The van der Waals surface area contributed by atoms with Gasteiger partial charge < -0.3 is 10.1 Å². The van der Waals surface area contributed by atoms with Gasteiger partial charge in [-0.05, 0) is 50.1 Å². The first-order valence-electron chi connectivity index (χ1n) is 9.35. The molecule has 0 spiro atoms. The van der Waals surface area contributed by atoms with Crippen molar-refractivity contribution < 1.29 is 22.7 Å². The molecular formula is C20H26N2O5S2. The zero-order valence-corrected chi connectivity index (χ0v) is 18.9. The van der Waals surface area contributed by atoms with E-state index >= 15 is 0 Å². The number of hydrogen-bond donors (Lipinski definition) is 1. The summed E-state index contributed by atoms with van der Waals surface area (Å²) in [6, 6.07) is 6.29. The first-order chi connectivity index (χ1) is 13.6. The standard InChI is InChI=1S/C20H26N2O5S2/c1-6-22(7-2)29(25,26)16-12-15(10-9-13(16)4)19(23)21-17-11-14(5)18(28-17)20(24)27-8-3/h9-12H,6-8H2,1-5H3,(H,21,23). The molecule has 0 aliphatic carbocycles. The number of ether oxygens (including phenoxy) is 1. The predicted molar refractivity (Wildman–Crippen MR) is 114 cm³/mol. The van der Waals surface area contributed by atoms with Crippen LogP contribution >= 0.6 is 11.3 Å². The van der Waals surface area contributed by atoms with Crippen molar-refractivity contribution in [1.29, 1.82) is 0 Å². The molecule has 1 amide bonds. The summed E-state index contributed by atoms with van der Waals surface area (Å²) in [5.74, 6) is -0.879. The second-order valence-electron chi connectivity index (χ2n) is 6.37. The van der Waals surface area contributed by atoms with E-state index in [2.05, 4.69) is 5.32 Å². The number of aryl methyl sites for hydroxylation is 2. The maximum atomic E-state index is 12.9. The normalized spacial score (nSPS) is 11.5. The van der Waals surface area contributed by atoms with Gasteiger partial charge in [0.2, 0.25) is 10.0 Å². The Hall–Kier alpha value is -2.23. The molecule has 29 heavy (non-hydrogen) atoms. The molecule has 0 radical (unpaired) electrons. The third-order valence-corrected chi connectivity index (χ3v) is 7.71. The minimum absolute atomic E-state index is 0.114. The molecule has 0 aliphatic heterocycles. The van der Waals surface area contributed by atoms with Crippen molar-refractivity contribution in [3.8, 4) is 0 Å². The van der Waals surface area contributed by atoms with E-state index in [1.54, 1.807) is 52.8 Å². The quantitative estimate of drug-likeness (QED) is 0.633. The van der Waals surface area contributed by atoms with Crippen molar-refractivity contribution >= 4 is 38.2 Å². The molecule has 2 rings (SSSR count). The Balaban J connectivity index is 2.31. The lowest BCUT2D eigenvalue weighted by molar-refractivity contribution is 0.0531. The van der Waals surface area contributed by atoms with Crippen molar-refractivity contribution in [2.24, 2.45) is 0 Å². The lowest BCUT2D eigenvalue weighted by Gasteiger charge is -2.20. The highest BCUT2D eigenvalue weighted by Crippen LogP contribution is 2.28. The van der Waals surface area contributed by atoms with Gasteiger partial charge >= 0.3 is 5.97 Å². The molecule has 1 N–H and O–H groups in total. The third kappa shape index (κ3) is 5.04. The average molecular weight is 439 g/mol. The van der Waals surface area contributed by atoms with Gasteiger partial charge in [0, 0.05) is 18.7 Å². The van der Waals surface area contributed by atoms with Gasteiger partial charge in [0.05, 0.1) is 16.5 Å². The highest BCUT2D eigenvalue weighted by Gasteiger charge is 2.25. The van der Waals surface area contributed by atoms with Crippen molar-refractivity contribution in [2.45, 2.75) is 39.5 Å². The fraction of sp³-hybridized carbons (Fsp3) is 0.400. The molecule has 9 heteroatoms. The zero-order chi connectivity index (χ0) is 21.8. The molecule has 0 bridgehead atoms. The topological polar surface area (TPSA) is 92.8 Å². The first kappa shape index (κ1) is 23.1. The number of nitrogens with zero attached hydrogens (tertiary/aromatic N) is 1. The molecule has 0 fully saturated rings. The molecule has 1 heterocycles. The fourth-order valence-electron chi connectivity index (χ4n) is 2.85. The number of esters is 1. The van der Waals surface area contributed by atoms with Gasteiger partial charge in [-0.25, -0.2) is 13.2 Å². The summed E-state index contributed by atoms with van der Waals surface area (Å²) in [7, 11) is -3.69. The number of thiophene rings is 1. The second kappa shape index (κ2) is 9.51. The van der Waals surface area contributed by atoms with Gasteiger partial charge in [0.25, 0.3) is 5.91 Å². The zero-order valence-electron chi connectivity index (χ0n) is 17.2. The van der Waals surface area contributed by atoms with Crippen LogP contribution < -0.4 is 5.32 Å². The highest BCUT2D eigenvalue weighted by atomic mass is 32.2. The monoisotopic (exact) mass is 438 g/mol. The van der Waals surface area contributed by atoms with Gasteiger partial charge in [-0.15, -0.1) is 11.3 Å². The largest absolute Gasteiger partial charge is 0.462 e. The van der Waals surface area contributed by atoms with E-state index in [4.69, 9.17) is 4.74 Å². The maximum absolute atomic E-state index is 12.9. The molecule has 0 unspecified atom stereocenters. The van der Waals surface area contributed by atoms with E-state index in [9.17, 15) is 18.0 Å². The number of anilines is 1. The van der Waals surface area contributed by atoms with Crippen molar-refractivity contribution in [1.82, 2.24) is 4.31 Å². The molecule has 158 valence electrons.